The van der Waals surface area contributed by atoms with E-state index in [2.05, 4.69) is 19.2 Å². The van der Waals surface area contributed by atoms with Gasteiger partial charge in [0.1, 0.15) is 0 Å². The molecule has 0 bridgehead atoms. The summed E-state index contributed by atoms with van der Waals surface area (Å²) in [4.78, 5) is 9.92. The van der Waals surface area contributed by atoms with Crippen LogP contribution in [-0.2, 0) is 0 Å². The molecular weight excluding hydrogens is 156 g/mol. The summed E-state index contributed by atoms with van der Waals surface area (Å²) in [6.45, 7) is 5.73. The summed E-state index contributed by atoms with van der Waals surface area (Å²) in [5.41, 5.74) is 0. The molecule has 4 heteroatoms. The maximum Gasteiger partial charge on any atom is 0.225 e. The smallest absolute Gasteiger partial charge is 0.225 e. The van der Waals surface area contributed by atoms with Gasteiger partial charge in [-0.1, -0.05) is 20.3 Å². The second kappa shape index (κ2) is 7.03. The lowest BCUT2D eigenvalue weighted by molar-refractivity contribution is -0.522. The molecule has 0 aromatic rings. The summed E-state index contributed by atoms with van der Waals surface area (Å²) < 4.78 is 0. The monoisotopic (exact) mass is 174 g/mol. The molecule has 0 aromatic heterocycles. The van der Waals surface area contributed by atoms with Gasteiger partial charge >= 0.3 is 0 Å². The van der Waals surface area contributed by atoms with Crippen molar-refractivity contribution in [2.45, 2.75) is 39.2 Å². The molecule has 0 aliphatic carbocycles. The van der Waals surface area contributed by atoms with Crippen molar-refractivity contribution in [3.8, 4) is 0 Å². The largest absolute Gasteiger partial charge is 0.310 e. The number of hydrogen-bond acceptors (Lipinski definition) is 3. The van der Waals surface area contributed by atoms with Gasteiger partial charge in [-0.3, -0.25) is 10.1 Å². The first-order valence-electron chi connectivity index (χ1n) is 4.56. The molecule has 1 aliphatic rings. The van der Waals surface area contributed by atoms with E-state index in [9.17, 15) is 10.1 Å². The molecule has 1 atom stereocenters. The van der Waals surface area contributed by atoms with Crippen molar-refractivity contribution in [2.75, 3.05) is 13.1 Å². The Morgan fingerprint density at radius 1 is 1.58 bits per heavy atom. The van der Waals surface area contributed by atoms with Crippen LogP contribution in [0.1, 0.15) is 33.1 Å². The molecule has 1 N–H and O–H groups in total. The Morgan fingerprint density at radius 2 is 2.17 bits per heavy atom. The third-order valence-electron chi connectivity index (χ3n) is 1.57. The standard InChI is InChI=1S/C5H10N2O2.C3H8/c8-7(9)5-2-1-3-6-4-5;1-3-2/h5-6H,1-4H2;3H2,1-2H3. The molecule has 0 aromatic carbocycles. The van der Waals surface area contributed by atoms with E-state index in [0.29, 0.717) is 6.54 Å². The Balaban J connectivity index is 0.000000354. The topological polar surface area (TPSA) is 55.2 Å². The molecule has 4 nitrogen and oxygen atoms in total. The molecule has 0 radical (unpaired) electrons. The first-order chi connectivity index (χ1) is 5.72. The maximum absolute atomic E-state index is 10.1. The van der Waals surface area contributed by atoms with Gasteiger partial charge in [-0.25, -0.2) is 0 Å². The van der Waals surface area contributed by atoms with Crippen molar-refractivity contribution in [1.29, 1.82) is 0 Å². The van der Waals surface area contributed by atoms with Crippen molar-refractivity contribution >= 4 is 0 Å². The van der Waals surface area contributed by atoms with E-state index in [4.69, 9.17) is 0 Å². The fraction of sp³-hybridized carbons (Fsp3) is 1.00. The average Bonchev–Trinajstić information content (AvgIpc) is 2.07. The highest BCUT2D eigenvalue weighted by atomic mass is 16.6. The van der Waals surface area contributed by atoms with Gasteiger partial charge < -0.3 is 5.32 Å². The Labute approximate surface area is 73.5 Å². The Bertz CT molecular complexity index is 122. The Hall–Kier alpha value is -0.640. The van der Waals surface area contributed by atoms with Crippen LogP contribution in [0.2, 0.25) is 0 Å². The van der Waals surface area contributed by atoms with E-state index in [0.717, 1.165) is 19.4 Å². The zero-order valence-corrected chi connectivity index (χ0v) is 7.88. The van der Waals surface area contributed by atoms with Crippen LogP contribution in [0.25, 0.3) is 0 Å². The molecule has 0 saturated carbocycles. The van der Waals surface area contributed by atoms with Crippen LogP contribution in [0.3, 0.4) is 0 Å². The van der Waals surface area contributed by atoms with E-state index in [1.54, 1.807) is 0 Å². The number of nitrogens with one attached hydrogen (secondary N) is 1. The normalized spacial score (nSPS) is 22.3. The minimum absolute atomic E-state index is 0.202. The number of rotatable bonds is 1. The highest BCUT2D eigenvalue weighted by Gasteiger charge is 2.21. The minimum Gasteiger partial charge on any atom is -0.310 e. The number of nitro groups is 1. The minimum atomic E-state index is -0.334. The SMILES string of the molecule is CCC.O=[N+]([O-])C1CCCNC1. The van der Waals surface area contributed by atoms with Gasteiger partial charge in [-0.15, -0.1) is 0 Å². The molecule has 0 amide bonds. The first kappa shape index (κ1) is 11.4. The van der Waals surface area contributed by atoms with Gasteiger partial charge in [0.15, 0.2) is 0 Å². The molecule has 1 fully saturated rings. The average molecular weight is 174 g/mol. The molecule has 0 spiro atoms. The zero-order chi connectivity index (χ0) is 9.40. The lowest BCUT2D eigenvalue weighted by Crippen LogP contribution is -2.38. The van der Waals surface area contributed by atoms with Crippen molar-refractivity contribution in [1.82, 2.24) is 5.32 Å². The lowest BCUT2D eigenvalue weighted by atomic mass is 10.1. The van der Waals surface area contributed by atoms with Gasteiger partial charge in [0, 0.05) is 11.3 Å². The predicted octanol–water partition coefficient (Wildman–Crippen LogP) is 1.43. The highest BCUT2D eigenvalue weighted by Crippen LogP contribution is 2.03. The fourth-order valence-corrected chi connectivity index (χ4v) is 1.01. The Morgan fingerprint density at radius 3 is 2.42 bits per heavy atom. The number of nitrogens with zero attached hydrogens (tertiary/aromatic N) is 1. The van der Waals surface area contributed by atoms with Gasteiger partial charge in [0.2, 0.25) is 6.04 Å². The van der Waals surface area contributed by atoms with E-state index in [1.165, 1.54) is 6.42 Å². The van der Waals surface area contributed by atoms with Gasteiger partial charge in [0.25, 0.3) is 0 Å². The summed E-state index contributed by atoms with van der Waals surface area (Å²) >= 11 is 0. The van der Waals surface area contributed by atoms with E-state index < -0.39 is 0 Å². The van der Waals surface area contributed by atoms with Crippen molar-refractivity contribution < 1.29 is 4.92 Å². The molecule has 1 rings (SSSR count). The van der Waals surface area contributed by atoms with Gasteiger partial charge in [-0.05, 0) is 13.0 Å². The fourth-order valence-electron chi connectivity index (χ4n) is 1.01. The molecule has 1 unspecified atom stereocenters. The van der Waals surface area contributed by atoms with E-state index in [1.807, 2.05) is 0 Å². The van der Waals surface area contributed by atoms with Crippen LogP contribution in [0.4, 0.5) is 0 Å². The summed E-state index contributed by atoms with van der Waals surface area (Å²) in [5, 5.41) is 13.1. The summed E-state index contributed by atoms with van der Waals surface area (Å²) in [5.74, 6) is 0. The molecule has 1 saturated heterocycles. The lowest BCUT2D eigenvalue weighted by Gasteiger charge is -2.15. The number of piperidine rings is 1. The zero-order valence-electron chi connectivity index (χ0n) is 7.88. The summed E-state index contributed by atoms with van der Waals surface area (Å²) in [6.07, 6.45) is 2.92. The van der Waals surface area contributed by atoms with Crippen LogP contribution < -0.4 is 5.32 Å². The van der Waals surface area contributed by atoms with E-state index in [-0.39, 0.29) is 11.0 Å². The predicted molar refractivity (Wildman–Crippen MR) is 48.9 cm³/mol. The van der Waals surface area contributed by atoms with Crippen LogP contribution in [0.5, 0.6) is 0 Å². The van der Waals surface area contributed by atoms with Gasteiger partial charge in [0.05, 0.1) is 6.54 Å². The van der Waals surface area contributed by atoms with Crippen LogP contribution >= 0.6 is 0 Å². The molecular formula is C8H18N2O2. The van der Waals surface area contributed by atoms with Crippen molar-refractivity contribution in [2.24, 2.45) is 0 Å². The van der Waals surface area contributed by atoms with Crippen molar-refractivity contribution in [3.05, 3.63) is 10.1 Å². The van der Waals surface area contributed by atoms with Crippen molar-refractivity contribution in [3.63, 3.8) is 0 Å². The first-order valence-corrected chi connectivity index (χ1v) is 4.56. The molecule has 1 aliphatic heterocycles. The third kappa shape index (κ3) is 5.07. The van der Waals surface area contributed by atoms with Gasteiger partial charge in [-0.2, -0.15) is 0 Å². The van der Waals surface area contributed by atoms with Crippen LogP contribution in [0.15, 0.2) is 0 Å². The molecule has 72 valence electrons. The second-order valence-corrected chi connectivity index (χ2v) is 2.99. The molecule has 12 heavy (non-hydrogen) atoms. The quantitative estimate of drug-likeness (QED) is 0.483. The maximum atomic E-state index is 10.1. The second-order valence-electron chi connectivity index (χ2n) is 2.99. The van der Waals surface area contributed by atoms with E-state index >= 15 is 0 Å². The summed E-state index contributed by atoms with van der Waals surface area (Å²) in [6, 6.07) is -0.334. The highest BCUT2D eigenvalue weighted by molar-refractivity contribution is 4.66. The summed E-state index contributed by atoms with van der Waals surface area (Å²) in [7, 11) is 0. The Kier molecular flexibility index (Phi) is 6.66. The molecule has 1 heterocycles. The van der Waals surface area contributed by atoms with Crippen LogP contribution in [-0.4, -0.2) is 24.1 Å². The van der Waals surface area contributed by atoms with Crippen LogP contribution in [0, 0.1) is 10.1 Å². The third-order valence-corrected chi connectivity index (χ3v) is 1.57. The number of hydrogen-bond donors (Lipinski definition) is 1.